The van der Waals surface area contributed by atoms with E-state index < -0.39 is 0 Å². The molecule has 0 aliphatic rings. The first-order chi connectivity index (χ1) is 9.54. The van der Waals surface area contributed by atoms with Crippen LogP contribution in [0, 0.1) is 13.8 Å². The molecule has 0 bridgehead atoms. The second-order valence-corrected chi connectivity index (χ2v) is 5.58. The fourth-order valence-corrected chi connectivity index (χ4v) is 2.48. The van der Waals surface area contributed by atoms with E-state index in [1.54, 1.807) is 0 Å². The highest BCUT2D eigenvalue weighted by atomic mass is 35.5. The Kier molecular flexibility index (Phi) is 3.28. The molecule has 102 valence electrons. The van der Waals surface area contributed by atoms with E-state index >= 15 is 0 Å². The Labute approximate surface area is 123 Å². The van der Waals surface area contributed by atoms with Gasteiger partial charge in [-0.1, -0.05) is 35.4 Å². The molecule has 0 saturated heterocycles. The molecule has 3 heteroatoms. The number of rotatable bonds is 2. The first-order valence-electron chi connectivity index (χ1n) is 6.56. The minimum Gasteiger partial charge on any atom is -0.459 e. The van der Waals surface area contributed by atoms with Gasteiger partial charge in [-0.25, -0.2) is 0 Å². The summed E-state index contributed by atoms with van der Waals surface area (Å²) in [4.78, 5) is 0. The third-order valence-corrected chi connectivity index (χ3v) is 3.96. The normalized spacial score (nSPS) is 12.8. The Balaban J connectivity index is 2.02. The van der Waals surface area contributed by atoms with Crippen LogP contribution in [0.4, 0.5) is 0 Å². The van der Waals surface area contributed by atoms with E-state index in [1.165, 1.54) is 5.56 Å². The highest BCUT2D eigenvalue weighted by molar-refractivity contribution is 6.31. The lowest BCUT2D eigenvalue weighted by Gasteiger charge is -2.10. The van der Waals surface area contributed by atoms with Crippen LogP contribution in [-0.2, 0) is 0 Å². The molecule has 0 radical (unpaired) electrons. The minimum atomic E-state index is -0.279. The quantitative estimate of drug-likeness (QED) is 0.738. The summed E-state index contributed by atoms with van der Waals surface area (Å²) in [5.41, 5.74) is 10.4. The zero-order valence-electron chi connectivity index (χ0n) is 11.5. The topological polar surface area (TPSA) is 39.2 Å². The van der Waals surface area contributed by atoms with Gasteiger partial charge in [0.15, 0.2) is 0 Å². The van der Waals surface area contributed by atoms with Crippen molar-refractivity contribution in [3.8, 4) is 0 Å². The summed E-state index contributed by atoms with van der Waals surface area (Å²) in [5, 5.41) is 1.84. The molecule has 1 unspecified atom stereocenters. The maximum absolute atomic E-state index is 6.30. The molecule has 1 atom stereocenters. The van der Waals surface area contributed by atoms with E-state index in [0.717, 1.165) is 32.9 Å². The molecule has 2 N–H and O–H groups in total. The number of furan rings is 1. The molecular formula is C17H16ClNO. The van der Waals surface area contributed by atoms with Gasteiger partial charge in [-0.2, -0.15) is 0 Å². The lowest BCUT2D eigenvalue weighted by atomic mass is 10.0. The first-order valence-corrected chi connectivity index (χ1v) is 6.94. The van der Waals surface area contributed by atoms with E-state index in [0.29, 0.717) is 0 Å². The summed E-state index contributed by atoms with van der Waals surface area (Å²) in [6.45, 7) is 4.04. The SMILES string of the molecule is Cc1ccc2oc(C(N)c3ccc(Cl)c(C)c3)cc2c1. The summed E-state index contributed by atoms with van der Waals surface area (Å²) >= 11 is 6.05. The van der Waals surface area contributed by atoms with Crippen molar-refractivity contribution in [1.29, 1.82) is 0 Å². The maximum Gasteiger partial charge on any atom is 0.134 e. The lowest BCUT2D eigenvalue weighted by molar-refractivity contribution is 0.525. The Hall–Kier alpha value is -1.77. The van der Waals surface area contributed by atoms with Crippen molar-refractivity contribution < 1.29 is 4.42 Å². The van der Waals surface area contributed by atoms with Gasteiger partial charge in [0.1, 0.15) is 11.3 Å². The number of halogens is 1. The average molecular weight is 286 g/mol. The van der Waals surface area contributed by atoms with Gasteiger partial charge in [0.05, 0.1) is 6.04 Å². The van der Waals surface area contributed by atoms with Gasteiger partial charge in [0.25, 0.3) is 0 Å². The lowest BCUT2D eigenvalue weighted by Crippen LogP contribution is -2.10. The molecule has 3 rings (SSSR count). The molecule has 20 heavy (non-hydrogen) atoms. The van der Waals surface area contributed by atoms with E-state index in [-0.39, 0.29) is 6.04 Å². The Bertz CT molecular complexity index is 776. The predicted molar refractivity (Wildman–Crippen MR) is 83.2 cm³/mol. The number of nitrogens with two attached hydrogens (primary N) is 1. The second kappa shape index (κ2) is 4.97. The Morgan fingerprint density at radius 1 is 1.05 bits per heavy atom. The number of aryl methyl sites for hydroxylation is 2. The summed E-state index contributed by atoms with van der Waals surface area (Å²) in [7, 11) is 0. The number of benzene rings is 2. The van der Waals surface area contributed by atoms with Gasteiger partial charge < -0.3 is 10.2 Å². The van der Waals surface area contributed by atoms with Crippen molar-refractivity contribution in [2.75, 3.05) is 0 Å². The monoisotopic (exact) mass is 285 g/mol. The Morgan fingerprint density at radius 2 is 1.85 bits per heavy atom. The highest BCUT2D eigenvalue weighted by Gasteiger charge is 2.15. The summed E-state index contributed by atoms with van der Waals surface area (Å²) in [6.07, 6.45) is 0. The van der Waals surface area contributed by atoms with Gasteiger partial charge in [0.2, 0.25) is 0 Å². The van der Waals surface area contributed by atoms with Gasteiger partial charge in [-0.3, -0.25) is 0 Å². The number of fused-ring (bicyclic) bond motifs is 1. The van der Waals surface area contributed by atoms with E-state index in [2.05, 4.69) is 13.0 Å². The smallest absolute Gasteiger partial charge is 0.134 e. The summed E-state index contributed by atoms with van der Waals surface area (Å²) in [5.74, 6) is 0.771. The molecule has 0 amide bonds. The molecule has 0 aliphatic heterocycles. The number of hydrogen-bond donors (Lipinski definition) is 1. The number of hydrogen-bond acceptors (Lipinski definition) is 2. The Morgan fingerprint density at radius 3 is 2.60 bits per heavy atom. The van der Waals surface area contributed by atoms with Crippen molar-refractivity contribution in [3.63, 3.8) is 0 Å². The maximum atomic E-state index is 6.30. The largest absolute Gasteiger partial charge is 0.459 e. The summed E-state index contributed by atoms with van der Waals surface area (Å²) in [6, 6.07) is 13.7. The fraction of sp³-hybridized carbons (Fsp3) is 0.176. The third kappa shape index (κ3) is 2.33. The summed E-state index contributed by atoms with van der Waals surface area (Å²) < 4.78 is 5.85. The van der Waals surface area contributed by atoms with Crippen LogP contribution in [0.3, 0.4) is 0 Å². The fourth-order valence-electron chi connectivity index (χ4n) is 2.36. The van der Waals surface area contributed by atoms with E-state index in [1.807, 2.05) is 43.3 Å². The molecule has 0 saturated carbocycles. The molecule has 1 heterocycles. The molecule has 2 nitrogen and oxygen atoms in total. The van der Waals surface area contributed by atoms with Crippen molar-refractivity contribution in [1.82, 2.24) is 0 Å². The molecule has 1 aromatic heterocycles. The molecule has 0 fully saturated rings. The second-order valence-electron chi connectivity index (χ2n) is 5.18. The van der Waals surface area contributed by atoms with Gasteiger partial charge in [-0.15, -0.1) is 0 Å². The third-order valence-electron chi connectivity index (χ3n) is 3.54. The van der Waals surface area contributed by atoms with Gasteiger partial charge in [-0.05, 0) is 49.2 Å². The van der Waals surface area contributed by atoms with Crippen LogP contribution in [0.15, 0.2) is 46.9 Å². The average Bonchev–Trinajstić information content (AvgIpc) is 2.84. The molecule has 3 aromatic rings. The van der Waals surface area contributed by atoms with Crippen LogP contribution in [-0.4, -0.2) is 0 Å². The molecule has 2 aromatic carbocycles. The van der Waals surface area contributed by atoms with Crippen molar-refractivity contribution in [2.45, 2.75) is 19.9 Å². The standard InChI is InChI=1S/C17H16ClNO/c1-10-3-6-15-13(7-10)9-16(20-15)17(19)12-4-5-14(18)11(2)8-12/h3-9,17H,19H2,1-2H3. The van der Waals surface area contributed by atoms with Crippen molar-refractivity contribution >= 4 is 22.6 Å². The zero-order chi connectivity index (χ0) is 14.3. The first kappa shape index (κ1) is 13.2. The zero-order valence-corrected chi connectivity index (χ0v) is 12.2. The van der Waals surface area contributed by atoms with Crippen molar-refractivity contribution in [3.05, 3.63) is 69.9 Å². The predicted octanol–water partition coefficient (Wildman–Crippen LogP) is 4.75. The van der Waals surface area contributed by atoms with Gasteiger partial charge in [0, 0.05) is 10.4 Å². The van der Waals surface area contributed by atoms with Crippen LogP contribution in [0.25, 0.3) is 11.0 Å². The van der Waals surface area contributed by atoms with Crippen LogP contribution >= 0.6 is 11.6 Å². The highest BCUT2D eigenvalue weighted by Crippen LogP contribution is 2.29. The van der Waals surface area contributed by atoms with Crippen LogP contribution in [0.1, 0.15) is 28.5 Å². The molecule has 0 aliphatic carbocycles. The van der Waals surface area contributed by atoms with E-state index in [9.17, 15) is 0 Å². The van der Waals surface area contributed by atoms with Crippen LogP contribution in [0.2, 0.25) is 5.02 Å². The van der Waals surface area contributed by atoms with E-state index in [4.69, 9.17) is 21.8 Å². The van der Waals surface area contributed by atoms with Gasteiger partial charge >= 0.3 is 0 Å². The molecule has 0 spiro atoms. The minimum absolute atomic E-state index is 0.279. The van der Waals surface area contributed by atoms with Crippen LogP contribution < -0.4 is 5.73 Å². The van der Waals surface area contributed by atoms with Crippen molar-refractivity contribution in [2.24, 2.45) is 5.73 Å². The molecular weight excluding hydrogens is 270 g/mol. The van der Waals surface area contributed by atoms with Crippen LogP contribution in [0.5, 0.6) is 0 Å².